The van der Waals surface area contributed by atoms with Crippen molar-refractivity contribution in [2.75, 3.05) is 78.2 Å². The molecule has 0 bridgehead atoms. The molecule has 5 heterocycles. The summed E-state index contributed by atoms with van der Waals surface area (Å²) < 4.78 is 39.4. The van der Waals surface area contributed by atoms with Crippen molar-refractivity contribution in [3.63, 3.8) is 0 Å². The van der Waals surface area contributed by atoms with E-state index in [0.29, 0.717) is 0 Å². The Bertz CT molecular complexity index is 2190. The lowest BCUT2D eigenvalue weighted by molar-refractivity contribution is -0.378. The number of aliphatic hydroxyl groups is 9. The molecule has 5 aliphatic rings. The number of hydrogen-bond acceptors (Lipinski definition) is 26. The smallest absolute Gasteiger partial charge is 0.364 e. The first-order valence-corrected chi connectivity index (χ1v) is 27.4. The van der Waals surface area contributed by atoms with E-state index in [4.69, 9.17) is 33.2 Å². The number of nitrogens with one attached hydrogen (secondary N) is 4. The normalized spacial score (nSPS) is 33.3. The van der Waals surface area contributed by atoms with E-state index in [1.807, 2.05) is 0 Å². The molecule has 0 aromatic heterocycles. The van der Waals surface area contributed by atoms with Crippen LogP contribution in [0.15, 0.2) is 0 Å². The standard InChI is InChI=1S/C48H76N6O26S/c1-22-15-33(64)53(44(22)70)8-10-74-12-13-75-11-9-54-34(65)16-29(45(54)71)81-14-7-49-30(61)5-4-6-31(62)50-18-32(63)52-36-25(59)17-48(47(72)73,79-42(36)37(66)26(60)19-55)80-43-39(68)28(21-57)77-46(40(43)69)78-41-35(51-24(3)58)23(2)76-27(20-56)38(41)67/h22-23,25-29,35-43,46,55-57,59-60,66-69H,4-21H2,1-3H3,(H,49,61)(H,50,62)(H,51,58)(H,52,63)(H,72,73)/t22?,23-,25+,26-,27-,28-,29?,35+,36?,37-,38+,39+,40-,41?,42-,43?,46+,48+/m1/s1. The number of amides is 8. The number of likely N-dealkylation sites (tertiary alicyclic amines) is 2. The molecule has 0 aromatic rings. The fraction of sp³-hybridized carbons (Fsp3) is 0.812. The Morgan fingerprint density at radius 1 is 0.753 bits per heavy atom. The molecule has 14 N–H and O–H groups in total. The van der Waals surface area contributed by atoms with Gasteiger partial charge in [0.2, 0.25) is 47.3 Å². The number of aliphatic carboxylic acids is 1. The van der Waals surface area contributed by atoms with Crippen LogP contribution in [0.3, 0.4) is 0 Å². The molecule has 5 fully saturated rings. The van der Waals surface area contributed by atoms with Gasteiger partial charge in [-0.2, -0.15) is 0 Å². The summed E-state index contributed by atoms with van der Waals surface area (Å²) in [7, 11) is 0. The van der Waals surface area contributed by atoms with Crippen molar-refractivity contribution in [1.82, 2.24) is 31.1 Å². The number of carbonyl (C=O) groups excluding carboxylic acids is 8. The maximum Gasteiger partial charge on any atom is 0.364 e. The molecule has 0 radical (unpaired) electrons. The molecule has 0 spiro atoms. The number of imide groups is 2. The minimum atomic E-state index is -3.18. The molecule has 5 unspecified atom stereocenters. The summed E-state index contributed by atoms with van der Waals surface area (Å²) in [4.78, 5) is 115. The van der Waals surface area contributed by atoms with Gasteiger partial charge in [0, 0.05) is 57.2 Å². The molecule has 0 saturated carbocycles. The largest absolute Gasteiger partial charge is 0.477 e. The van der Waals surface area contributed by atoms with Gasteiger partial charge in [-0.3, -0.25) is 48.2 Å². The fourth-order valence-electron chi connectivity index (χ4n) is 9.70. The number of rotatable bonds is 31. The molecule has 0 aliphatic carbocycles. The first-order chi connectivity index (χ1) is 38.4. The minimum Gasteiger partial charge on any atom is -0.477 e. The predicted octanol–water partition coefficient (Wildman–Crippen LogP) is -8.34. The second-order valence-electron chi connectivity index (χ2n) is 20.1. The summed E-state index contributed by atoms with van der Waals surface area (Å²) in [5.74, 6) is -9.32. The van der Waals surface area contributed by atoms with Gasteiger partial charge < -0.3 is 105 Å². The number of carbonyl (C=O) groups is 9. The van der Waals surface area contributed by atoms with Gasteiger partial charge in [0.05, 0.1) is 95.4 Å². The number of ether oxygens (including phenoxy) is 7. The van der Waals surface area contributed by atoms with Crippen LogP contribution in [0.25, 0.3) is 0 Å². The molecule has 0 aromatic carbocycles. The fourth-order valence-corrected chi connectivity index (χ4v) is 10.7. The molecule has 18 atom stereocenters. The van der Waals surface area contributed by atoms with Gasteiger partial charge >= 0.3 is 5.97 Å². The van der Waals surface area contributed by atoms with E-state index in [-0.39, 0.29) is 108 Å². The SMILES string of the molecule is CC(=O)N[C@@H]1C(O[C@@H]2O[C@H](CO)[C@H](O)C(O[C@]3(C(=O)O)C[C@H](O)C(NC(=O)CNC(=O)CCCC(=O)NCCSC4CC(=O)N(CCOCCOCCN5C(=O)CC(C)C5=O)C4=O)[C@H]([C@H](O)[C@H](O)CO)O3)[C@H]2O)[C@@H](O)[C@@H](CO)O[C@@H]1C. The predicted molar refractivity (Wildman–Crippen MR) is 269 cm³/mol. The summed E-state index contributed by atoms with van der Waals surface area (Å²) in [6, 6.07) is -2.97. The van der Waals surface area contributed by atoms with Crippen LogP contribution >= 0.6 is 11.8 Å². The molecule has 5 aliphatic heterocycles. The number of carboxylic acid groups (broad SMARTS) is 1. The van der Waals surface area contributed by atoms with Crippen LogP contribution in [-0.4, -0.2) is 295 Å². The number of thioether (sulfide) groups is 1. The average molecular weight is 1190 g/mol. The van der Waals surface area contributed by atoms with Crippen LogP contribution in [-0.2, 0) is 76.3 Å². The highest BCUT2D eigenvalue weighted by Gasteiger charge is 2.60. The Morgan fingerprint density at radius 2 is 1.35 bits per heavy atom. The number of hydrogen-bond donors (Lipinski definition) is 14. The molecule has 32 nitrogen and oxygen atoms in total. The van der Waals surface area contributed by atoms with Crippen LogP contribution in [0.5, 0.6) is 0 Å². The zero-order valence-corrected chi connectivity index (χ0v) is 45.7. The van der Waals surface area contributed by atoms with Crippen molar-refractivity contribution >= 4 is 65.0 Å². The van der Waals surface area contributed by atoms with E-state index in [9.17, 15) is 94.2 Å². The Labute approximate surface area is 468 Å². The van der Waals surface area contributed by atoms with E-state index in [0.717, 1.165) is 11.8 Å². The van der Waals surface area contributed by atoms with Gasteiger partial charge in [0.15, 0.2) is 6.29 Å². The van der Waals surface area contributed by atoms with E-state index in [1.54, 1.807) is 6.92 Å². The minimum absolute atomic E-state index is 0.0197. The third-order valence-electron chi connectivity index (χ3n) is 14.1. The molecule has 81 heavy (non-hydrogen) atoms. The average Bonchev–Trinajstić information content (AvgIpc) is 4.08. The Morgan fingerprint density at radius 3 is 1.93 bits per heavy atom. The number of nitrogens with zero attached hydrogens (tertiary/aromatic N) is 2. The highest BCUT2D eigenvalue weighted by molar-refractivity contribution is 8.00. The third kappa shape index (κ3) is 17.7. The van der Waals surface area contributed by atoms with Crippen LogP contribution in [0.1, 0.15) is 59.3 Å². The monoisotopic (exact) mass is 1180 g/mol. The van der Waals surface area contributed by atoms with Crippen LogP contribution in [0.4, 0.5) is 0 Å². The van der Waals surface area contributed by atoms with Gasteiger partial charge in [0.25, 0.3) is 5.79 Å². The van der Waals surface area contributed by atoms with Gasteiger partial charge in [-0.15, -0.1) is 11.8 Å². The Kier molecular flexibility index (Phi) is 25.9. The molecular weight excluding hydrogens is 1110 g/mol. The Balaban J connectivity index is 1.05. The molecule has 5 saturated heterocycles. The quantitative estimate of drug-likeness (QED) is 0.0226. The summed E-state index contributed by atoms with van der Waals surface area (Å²) in [6.07, 6.45) is -25.7. The summed E-state index contributed by atoms with van der Waals surface area (Å²) in [5.41, 5.74) is 0. The van der Waals surface area contributed by atoms with Crippen molar-refractivity contribution in [2.24, 2.45) is 5.92 Å². The second-order valence-corrected chi connectivity index (χ2v) is 21.4. The molecule has 8 amide bonds. The van der Waals surface area contributed by atoms with Gasteiger partial charge in [-0.25, -0.2) is 4.79 Å². The van der Waals surface area contributed by atoms with Crippen molar-refractivity contribution in [3.8, 4) is 0 Å². The van der Waals surface area contributed by atoms with E-state index >= 15 is 0 Å². The molecule has 33 heteroatoms. The van der Waals surface area contributed by atoms with Crippen molar-refractivity contribution in [1.29, 1.82) is 0 Å². The van der Waals surface area contributed by atoms with E-state index in [1.165, 1.54) is 23.6 Å². The lowest BCUT2D eigenvalue weighted by Gasteiger charge is -2.51. The maximum absolute atomic E-state index is 13.2. The second kappa shape index (κ2) is 31.3. The molecule has 5 rings (SSSR count). The zero-order chi connectivity index (χ0) is 59.9. The first kappa shape index (κ1) is 67.1. The lowest BCUT2D eigenvalue weighted by Crippen LogP contribution is -2.71. The first-order valence-electron chi connectivity index (χ1n) is 26.4. The van der Waals surface area contributed by atoms with Crippen LogP contribution in [0.2, 0.25) is 0 Å². The van der Waals surface area contributed by atoms with Gasteiger partial charge in [0.1, 0.15) is 61.0 Å². The van der Waals surface area contributed by atoms with Crippen LogP contribution in [0, 0.1) is 5.92 Å². The Hall–Kier alpha value is -4.66. The number of carboxylic acids is 1. The summed E-state index contributed by atoms with van der Waals surface area (Å²) in [6.45, 7) is 1.48. The summed E-state index contributed by atoms with van der Waals surface area (Å²) >= 11 is 1.18. The molecular formula is C48H76N6O26S. The third-order valence-corrected chi connectivity index (χ3v) is 15.3. The zero-order valence-electron chi connectivity index (χ0n) is 44.8. The van der Waals surface area contributed by atoms with Crippen LogP contribution < -0.4 is 21.3 Å². The van der Waals surface area contributed by atoms with Crippen molar-refractivity contribution in [2.45, 2.75) is 162 Å². The topological polar surface area (TPSA) is 475 Å². The van der Waals surface area contributed by atoms with Gasteiger partial charge in [-0.05, 0) is 13.3 Å². The van der Waals surface area contributed by atoms with Gasteiger partial charge in [-0.1, -0.05) is 6.92 Å². The lowest BCUT2D eigenvalue weighted by atomic mass is 9.88. The summed E-state index contributed by atoms with van der Waals surface area (Å²) in [5, 5.41) is 116. The highest BCUT2D eigenvalue weighted by atomic mass is 32.2. The van der Waals surface area contributed by atoms with Crippen molar-refractivity contribution < 1.29 is 127 Å². The van der Waals surface area contributed by atoms with E-state index < -0.39 is 171 Å². The van der Waals surface area contributed by atoms with Crippen molar-refractivity contribution in [3.05, 3.63) is 0 Å². The molecule has 460 valence electrons. The number of aliphatic hydroxyl groups excluding tert-OH is 9. The van der Waals surface area contributed by atoms with E-state index in [2.05, 4.69) is 21.3 Å². The maximum atomic E-state index is 13.2. The highest BCUT2D eigenvalue weighted by Crippen LogP contribution is 2.38.